The van der Waals surface area contributed by atoms with Gasteiger partial charge in [-0.15, -0.1) is 0 Å². The molecule has 1 rings (SSSR count). The number of carboxylic acid groups (broad SMARTS) is 1. The van der Waals surface area contributed by atoms with E-state index in [4.69, 9.17) is 14.8 Å². The maximum Gasteiger partial charge on any atom is 0.303 e. The van der Waals surface area contributed by atoms with E-state index in [0.29, 0.717) is 0 Å². The molecule has 1 heterocycles. The number of rotatable bonds is 6. The van der Waals surface area contributed by atoms with E-state index < -0.39 is 16.0 Å². The van der Waals surface area contributed by atoms with Crippen LogP contribution < -0.4 is 4.72 Å². The van der Waals surface area contributed by atoms with Gasteiger partial charge in [-0.1, -0.05) is 0 Å². The predicted molar refractivity (Wildman–Crippen MR) is 55.5 cm³/mol. The van der Waals surface area contributed by atoms with Crippen LogP contribution in [0.4, 0.5) is 0 Å². The summed E-state index contributed by atoms with van der Waals surface area (Å²) in [6.07, 6.45) is 0.0600. The second kappa shape index (κ2) is 5.47. The fraction of sp³-hybridized carbons (Fsp3) is 0.333. The standard InChI is InChI=1S/C9H10N2O5S/c10-6-7-3-4-9(16-7)17(14,15)11-5-1-2-8(12)13/h3-4,11H,1-2,5H2,(H,12,13). The molecule has 0 aliphatic heterocycles. The molecule has 0 radical (unpaired) electrons. The Morgan fingerprint density at radius 1 is 1.53 bits per heavy atom. The molecule has 0 aliphatic rings. The van der Waals surface area contributed by atoms with Crippen molar-refractivity contribution in [3.8, 4) is 6.07 Å². The maximum absolute atomic E-state index is 11.5. The Balaban J connectivity index is 2.57. The van der Waals surface area contributed by atoms with Gasteiger partial charge in [0.05, 0.1) is 0 Å². The number of nitrogens with one attached hydrogen (secondary N) is 1. The molecule has 2 N–H and O–H groups in total. The van der Waals surface area contributed by atoms with Crippen LogP contribution in [-0.4, -0.2) is 26.0 Å². The number of nitrogens with zero attached hydrogens (tertiary/aromatic N) is 1. The summed E-state index contributed by atoms with van der Waals surface area (Å²) in [6, 6.07) is 4.07. The normalized spacial score (nSPS) is 11.0. The van der Waals surface area contributed by atoms with Gasteiger partial charge in [-0.3, -0.25) is 4.79 Å². The first-order chi connectivity index (χ1) is 7.95. The molecule has 0 bridgehead atoms. The Morgan fingerprint density at radius 2 is 2.24 bits per heavy atom. The van der Waals surface area contributed by atoms with Gasteiger partial charge in [-0.05, 0) is 18.6 Å². The van der Waals surface area contributed by atoms with Gasteiger partial charge in [-0.2, -0.15) is 5.26 Å². The minimum absolute atomic E-state index is 0.00276. The topological polar surface area (TPSA) is 120 Å². The third kappa shape index (κ3) is 3.90. The quantitative estimate of drug-likeness (QED) is 0.707. The molecule has 0 atom stereocenters. The Hall–Kier alpha value is -1.85. The lowest BCUT2D eigenvalue weighted by Crippen LogP contribution is -2.24. The summed E-state index contributed by atoms with van der Waals surface area (Å²) >= 11 is 0. The number of carboxylic acids is 1. The zero-order chi connectivity index (χ0) is 12.9. The van der Waals surface area contributed by atoms with Gasteiger partial charge in [0.1, 0.15) is 6.07 Å². The lowest BCUT2D eigenvalue weighted by atomic mass is 10.3. The van der Waals surface area contributed by atoms with Crippen molar-refractivity contribution in [3.05, 3.63) is 17.9 Å². The first kappa shape index (κ1) is 13.2. The van der Waals surface area contributed by atoms with E-state index in [1.54, 1.807) is 6.07 Å². The lowest BCUT2D eigenvalue weighted by molar-refractivity contribution is -0.137. The van der Waals surface area contributed by atoms with E-state index in [9.17, 15) is 13.2 Å². The monoisotopic (exact) mass is 258 g/mol. The second-order valence-electron chi connectivity index (χ2n) is 3.13. The lowest BCUT2D eigenvalue weighted by Gasteiger charge is -2.02. The summed E-state index contributed by atoms with van der Waals surface area (Å²) < 4.78 is 30.0. The fourth-order valence-electron chi connectivity index (χ4n) is 1.04. The van der Waals surface area contributed by atoms with Crippen LogP contribution in [0.3, 0.4) is 0 Å². The van der Waals surface area contributed by atoms with Crippen molar-refractivity contribution in [2.24, 2.45) is 0 Å². The van der Waals surface area contributed by atoms with Crippen LogP contribution in [-0.2, 0) is 14.8 Å². The number of sulfonamides is 1. The summed E-state index contributed by atoms with van der Waals surface area (Å²) in [5.74, 6) is -1.09. The highest BCUT2D eigenvalue weighted by Crippen LogP contribution is 2.12. The number of carbonyl (C=O) groups is 1. The molecule has 0 aliphatic carbocycles. The van der Waals surface area contributed by atoms with Crippen molar-refractivity contribution >= 4 is 16.0 Å². The summed E-state index contributed by atoms with van der Waals surface area (Å²) in [5, 5.41) is 16.5. The number of hydrogen-bond donors (Lipinski definition) is 2. The van der Waals surface area contributed by atoms with E-state index in [1.165, 1.54) is 6.07 Å². The molecular weight excluding hydrogens is 248 g/mol. The Morgan fingerprint density at radius 3 is 2.76 bits per heavy atom. The highest BCUT2D eigenvalue weighted by molar-refractivity contribution is 7.89. The van der Waals surface area contributed by atoms with Crippen LogP contribution in [0.15, 0.2) is 21.6 Å². The zero-order valence-electron chi connectivity index (χ0n) is 8.71. The minimum atomic E-state index is -3.81. The molecule has 0 unspecified atom stereocenters. The van der Waals surface area contributed by atoms with Gasteiger partial charge in [0.15, 0.2) is 0 Å². The van der Waals surface area contributed by atoms with Crippen LogP contribution in [0, 0.1) is 11.3 Å². The Labute approximate surface area is 97.7 Å². The fourth-order valence-corrected chi connectivity index (χ4v) is 2.04. The predicted octanol–water partition coefficient (Wildman–Crippen LogP) is 0.294. The van der Waals surface area contributed by atoms with Crippen LogP contribution >= 0.6 is 0 Å². The van der Waals surface area contributed by atoms with Gasteiger partial charge >= 0.3 is 5.97 Å². The second-order valence-corrected chi connectivity index (χ2v) is 4.82. The van der Waals surface area contributed by atoms with Crippen molar-refractivity contribution in [1.82, 2.24) is 4.72 Å². The SMILES string of the molecule is N#Cc1ccc(S(=O)(=O)NCCCC(=O)O)o1. The zero-order valence-corrected chi connectivity index (χ0v) is 9.53. The molecule has 17 heavy (non-hydrogen) atoms. The number of aliphatic carboxylic acids is 1. The van der Waals surface area contributed by atoms with E-state index in [0.717, 1.165) is 6.07 Å². The molecule has 1 aromatic heterocycles. The van der Waals surface area contributed by atoms with Gasteiger partial charge in [0, 0.05) is 13.0 Å². The number of furan rings is 1. The molecule has 0 spiro atoms. The van der Waals surface area contributed by atoms with E-state index in [-0.39, 0.29) is 30.2 Å². The third-order valence-corrected chi connectivity index (χ3v) is 3.15. The van der Waals surface area contributed by atoms with Gasteiger partial charge in [-0.25, -0.2) is 13.1 Å². The van der Waals surface area contributed by atoms with Gasteiger partial charge < -0.3 is 9.52 Å². The third-order valence-electron chi connectivity index (χ3n) is 1.82. The summed E-state index contributed by atoms with van der Waals surface area (Å²) in [7, 11) is -3.81. The summed E-state index contributed by atoms with van der Waals surface area (Å²) in [4.78, 5) is 10.2. The largest absolute Gasteiger partial charge is 0.481 e. The molecular formula is C9H10N2O5S. The highest BCUT2D eigenvalue weighted by atomic mass is 32.2. The Kier molecular flexibility index (Phi) is 4.25. The van der Waals surface area contributed by atoms with Crippen LogP contribution in [0.5, 0.6) is 0 Å². The molecule has 0 aromatic carbocycles. The maximum atomic E-state index is 11.5. The molecule has 0 saturated carbocycles. The number of nitriles is 1. The molecule has 0 fully saturated rings. The van der Waals surface area contributed by atoms with Crippen LogP contribution in [0.25, 0.3) is 0 Å². The van der Waals surface area contributed by atoms with Crippen molar-refractivity contribution in [2.75, 3.05) is 6.54 Å². The van der Waals surface area contributed by atoms with Gasteiger partial charge in [0.25, 0.3) is 10.0 Å². The van der Waals surface area contributed by atoms with Gasteiger partial charge in [0.2, 0.25) is 10.9 Å². The van der Waals surface area contributed by atoms with Crippen molar-refractivity contribution in [3.63, 3.8) is 0 Å². The minimum Gasteiger partial charge on any atom is -0.481 e. The molecule has 7 nitrogen and oxygen atoms in total. The molecule has 8 heteroatoms. The van der Waals surface area contributed by atoms with E-state index in [2.05, 4.69) is 4.72 Å². The average molecular weight is 258 g/mol. The van der Waals surface area contributed by atoms with E-state index >= 15 is 0 Å². The first-order valence-corrected chi connectivity index (χ1v) is 6.15. The van der Waals surface area contributed by atoms with E-state index in [1.807, 2.05) is 0 Å². The smallest absolute Gasteiger partial charge is 0.303 e. The number of hydrogen-bond acceptors (Lipinski definition) is 5. The van der Waals surface area contributed by atoms with Crippen LogP contribution in [0.2, 0.25) is 0 Å². The van der Waals surface area contributed by atoms with Crippen molar-refractivity contribution in [1.29, 1.82) is 5.26 Å². The first-order valence-electron chi connectivity index (χ1n) is 4.67. The summed E-state index contributed by atoms with van der Waals surface area (Å²) in [5.41, 5.74) is 0. The molecule has 0 saturated heterocycles. The average Bonchev–Trinajstić information content (AvgIpc) is 2.73. The highest BCUT2D eigenvalue weighted by Gasteiger charge is 2.18. The summed E-state index contributed by atoms with van der Waals surface area (Å²) in [6.45, 7) is -0.00276. The molecule has 92 valence electrons. The Bertz CT molecular complexity index is 540. The molecule has 0 amide bonds. The van der Waals surface area contributed by atoms with Crippen molar-refractivity contribution < 1.29 is 22.7 Å². The molecule has 1 aromatic rings. The van der Waals surface area contributed by atoms with Crippen molar-refractivity contribution in [2.45, 2.75) is 17.9 Å². The van der Waals surface area contributed by atoms with Crippen LogP contribution in [0.1, 0.15) is 18.6 Å².